The zero-order valence-corrected chi connectivity index (χ0v) is 14.2. The third kappa shape index (κ3) is 4.50. The first-order valence-electron chi connectivity index (χ1n) is 8.50. The second-order valence-corrected chi connectivity index (χ2v) is 6.34. The zero-order chi connectivity index (χ0) is 18.6. The van der Waals surface area contributed by atoms with Gasteiger partial charge >= 0.3 is 6.18 Å². The van der Waals surface area contributed by atoms with Crippen molar-refractivity contribution in [1.82, 2.24) is 14.9 Å². The minimum absolute atomic E-state index is 0.00834. The molecule has 8 heteroatoms. The summed E-state index contributed by atoms with van der Waals surface area (Å²) in [4.78, 5) is 11.7. The summed E-state index contributed by atoms with van der Waals surface area (Å²) >= 11 is 0. The Hall–Kier alpha value is -2.19. The van der Waals surface area contributed by atoms with Crippen LogP contribution in [0.5, 0.6) is 0 Å². The number of alkyl halides is 3. The summed E-state index contributed by atoms with van der Waals surface area (Å²) in [5.41, 5.74) is 0.209. The summed E-state index contributed by atoms with van der Waals surface area (Å²) in [5.74, 6) is 0.413. The Balaban J connectivity index is 1.70. The summed E-state index contributed by atoms with van der Waals surface area (Å²) in [7, 11) is 0. The Morgan fingerprint density at radius 1 is 1.08 bits per heavy atom. The van der Waals surface area contributed by atoms with Crippen molar-refractivity contribution in [3.63, 3.8) is 0 Å². The number of anilines is 1. The fraction of sp³-hybridized carbons (Fsp3) is 0.444. The topological polar surface area (TPSA) is 52.5 Å². The average molecular weight is 366 g/mol. The van der Waals surface area contributed by atoms with E-state index in [1.807, 2.05) is 23.1 Å². The molecule has 0 bridgehead atoms. The molecule has 0 radical (unpaired) electrons. The molecule has 2 aromatic rings. The van der Waals surface area contributed by atoms with Crippen LogP contribution in [0.25, 0.3) is 0 Å². The Labute approximate surface area is 150 Å². The van der Waals surface area contributed by atoms with Crippen LogP contribution in [0, 0.1) is 0 Å². The van der Waals surface area contributed by atoms with E-state index >= 15 is 0 Å². The van der Waals surface area contributed by atoms with Gasteiger partial charge in [-0.2, -0.15) is 13.2 Å². The first kappa shape index (κ1) is 18.6. The zero-order valence-electron chi connectivity index (χ0n) is 14.2. The van der Waals surface area contributed by atoms with Crippen LogP contribution in [0.1, 0.15) is 17.7 Å². The van der Waals surface area contributed by atoms with Crippen LogP contribution in [-0.4, -0.2) is 52.3 Å². The third-order valence-corrected chi connectivity index (χ3v) is 4.50. The average Bonchev–Trinajstić information content (AvgIpc) is 2.63. The van der Waals surface area contributed by atoms with E-state index in [9.17, 15) is 18.3 Å². The van der Waals surface area contributed by atoms with Crippen LogP contribution in [0.2, 0.25) is 0 Å². The molecular weight excluding hydrogens is 345 g/mol. The number of hydrogen-bond donors (Lipinski definition) is 1. The van der Waals surface area contributed by atoms with E-state index in [1.165, 1.54) is 11.8 Å². The molecule has 1 fully saturated rings. The Morgan fingerprint density at radius 2 is 1.85 bits per heavy atom. The summed E-state index contributed by atoms with van der Waals surface area (Å²) in [6.07, 6.45) is -2.04. The monoisotopic (exact) mass is 366 g/mol. The molecule has 3 rings (SSSR count). The molecule has 0 unspecified atom stereocenters. The van der Waals surface area contributed by atoms with E-state index in [4.69, 9.17) is 0 Å². The number of rotatable bonds is 5. The molecule has 0 amide bonds. The molecule has 1 saturated heterocycles. The van der Waals surface area contributed by atoms with Gasteiger partial charge in [-0.25, -0.2) is 9.97 Å². The van der Waals surface area contributed by atoms with Crippen molar-refractivity contribution in [2.75, 3.05) is 31.1 Å². The fourth-order valence-electron chi connectivity index (χ4n) is 3.22. The van der Waals surface area contributed by atoms with Gasteiger partial charge in [-0.3, -0.25) is 4.90 Å². The van der Waals surface area contributed by atoms with Crippen LogP contribution < -0.4 is 4.90 Å². The molecule has 26 heavy (non-hydrogen) atoms. The fourth-order valence-corrected chi connectivity index (χ4v) is 3.22. The van der Waals surface area contributed by atoms with Crippen molar-refractivity contribution >= 4 is 5.82 Å². The lowest BCUT2D eigenvalue weighted by Gasteiger charge is -2.42. The number of nitrogens with zero attached hydrogens (tertiary/aromatic N) is 4. The van der Waals surface area contributed by atoms with E-state index < -0.39 is 11.9 Å². The van der Waals surface area contributed by atoms with Gasteiger partial charge in [0, 0.05) is 38.8 Å². The second-order valence-electron chi connectivity index (χ2n) is 6.34. The van der Waals surface area contributed by atoms with Gasteiger partial charge in [0.15, 0.2) is 5.69 Å². The maximum absolute atomic E-state index is 12.7. The number of aliphatic hydroxyl groups excluding tert-OH is 1. The number of benzene rings is 1. The van der Waals surface area contributed by atoms with Crippen molar-refractivity contribution in [2.45, 2.75) is 25.2 Å². The Bertz CT molecular complexity index is 694. The molecule has 2 heterocycles. The molecular formula is C18H21F3N4O. The number of hydrogen-bond acceptors (Lipinski definition) is 5. The molecule has 1 aromatic carbocycles. The van der Waals surface area contributed by atoms with Crippen LogP contribution in [-0.2, 0) is 12.7 Å². The summed E-state index contributed by atoms with van der Waals surface area (Å²) in [6, 6.07) is 10.1. The Morgan fingerprint density at radius 3 is 2.46 bits per heavy atom. The largest absolute Gasteiger partial charge is 0.434 e. The van der Waals surface area contributed by atoms with Crippen molar-refractivity contribution < 1.29 is 18.3 Å². The quantitative estimate of drug-likeness (QED) is 0.882. The Kier molecular flexibility index (Phi) is 5.73. The van der Waals surface area contributed by atoms with E-state index in [1.54, 1.807) is 0 Å². The molecule has 1 aromatic heterocycles. The molecule has 1 atom stereocenters. The second kappa shape index (κ2) is 8.01. The summed E-state index contributed by atoms with van der Waals surface area (Å²) in [5, 5.41) is 9.38. The lowest BCUT2D eigenvalue weighted by atomic mass is 10.1. The molecule has 0 saturated carbocycles. The molecule has 0 spiro atoms. The van der Waals surface area contributed by atoms with E-state index in [0.29, 0.717) is 25.3 Å². The SMILES string of the molecule is OCC[C@H]1CN(Cc2ccccc2)CCN1c1cnc(C(F)(F)F)cn1. The van der Waals surface area contributed by atoms with E-state index in [0.717, 1.165) is 19.3 Å². The lowest BCUT2D eigenvalue weighted by Crippen LogP contribution is -2.53. The predicted molar refractivity (Wildman–Crippen MR) is 91.6 cm³/mol. The van der Waals surface area contributed by atoms with Gasteiger partial charge in [0.1, 0.15) is 5.82 Å². The maximum atomic E-state index is 12.7. The first-order valence-corrected chi connectivity index (χ1v) is 8.50. The van der Waals surface area contributed by atoms with Crippen LogP contribution in [0.4, 0.5) is 19.0 Å². The normalized spacial score (nSPS) is 18.9. The van der Waals surface area contributed by atoms with Crippen molar-refractivity contribution in [1.29, 1.82) is 0 Å². The highest BCUT2D eigenvalue weighted by Gasteiger charge is 2.34. The third-order valence-electron chi connectivity index (χ3n) is 4.50. The molecule has 1 aliphatic heterocycles. The highest BCUT2D eigenvalue weighted by atomic mass is 19.4. The van der Waals surface area contributed by atoms with Crippen LogP contribution in [0.15, 0.2) is 42.7 Å². The van der Waals surface area contributed by atoms with Gasteiger partial charge in [-0.1, -0.05) is 30.3 Å². The minimum Gasteiger partial charge on any atom is -0.396 e. The summed E-state index contributed by atoms with van der Waals surface area (Å²) in [6.45, 7) is 2.90. The number of halogens is 3. The standard InChI is InChI=1S/C18H21F3N4O/c19-18(20,21)16-10-23-17(11-22-16)25-8-7-24(13-15(25)6-9-26)12-14-4-2-1-3-5-14/h1-5,10-11,15,26H,6-9,12-13H2/t15-/m0/s1. The highest BCUT2D eigenvalue weighted by Crippen LogP contribution is 2.28. The van der Waals surface area contributed by atoms with Crippen molar-refractivity contribution in [3.05, 3.63) is 54.0 Å². The minimum atomic E-state index is -4.50. The molecule has 5 nitrogen and oxygen atoms in total. The van der Waals surface area contributed by atoms with Crippen LogP contribution in [0.3, 0.4) is 0 Å². The van der Waals surface area contributed by atoms with Gasteiger partial charge < -0.3 is 10.0 Å². The molecule has 140 valence electrons. The first-order chi connectivity index (χ1) is 12.5. The van der Waals surface area contributed by atoms with Gasteiger partial charge in [0.05, 0.1) is 12.4 Å². The molecule has 1 aliphatic rings. The lowest BCUT2D eigenvalue weighted by molar-refractivity contribution is -0.141. The van der Waals surface area contributed by atoms with Gasteiger partial charge in [0.2, 0.25) is 0 Å². The van der Waals surface area contributed by atoms with Gasteiger partial charge in [-0.15, -0.1) is 0 Å². The number of aliphatic hydroxyl groups is 1. The molecule has 0 aliphatic carbocycles. The van der Waals surface area contributed by atoms with E-state index in [-0.39, 0.29) is 12.6 Å². The predicted octanol–water partition coefficient (Wildman–Crippen LogP) is 2.57. The smallest absolute Gasteiger partial charge is 0.396 e. The van der Waals surface area contributed by atoms with Crippen molar-refractivity contribution in [2.24, 2.45) is 0 Å². The van der Waals surface area contributed by atoms with E-state index in [2.05, 4.69) is 27.0 Å². The van der Waals surface area contributed by atoms with Gasteiger partial charge in [0.25, 0.3) is 0 Å². The number of aromatic nitrogens is 2. The molecule has 1 N–H and O–H groups in total. The van der Waals surface area contributed by atoms with Crippen LogP contribution >= 0.6 is 0 Å². The van der Waals surface area contributed by atoms with Crippen molar-refractivity contribution in [3.8, 4) is 0 Å². The van der Waals surface area contributed by atoms with Gasteiger partial charge in [-0.05, 0) is 12.0 Å². The summed E-state index contributed by atoms with van der Waals surface area (Å²) < 4.78 is 38.0. The number of piperazine rings is 1. The maximum Gasteiger partial charge on any atom is 0.434 e. The highest BCUT2D eigenvalue weighted by molar-refractivity contribution is 5.38.